The highest BCUT2D eigenvalue weighted by molar-refractivity contribution is 5.40. The van der Waals surface area contributed by atoms with Gasteiger partial charge in [-0.1, -0.05) is 64.3 Å². The van der Waals surface area contributed by atoms with Gasteiger partial charge in [0, 0.05) is 0 Å². The molecular weight excluding hydrogens is 216 g/mol. The van der Waals surface area contributed by atoms with E-state index in [4.69, 9.17) is 0 Å². The zero-order valence-electron chi connectivity index (χ0n) is 12.7. The van der Waals surface area contributed by atoms with E-state index in [9.17, 15) is 0 Å². The highest BCUT2D eigenvalue weighted by Crippen LogP contribution is 1.99. The summed E-state index contributed by atoms with van der Waals surface area (Å²) >= 11 is 0. The lowest BCUT2D eigenvalue weighted by Crippen LogP contribution is -2.27. The van der Waals surface area contributed by atoms with Gasteiger partial charge in [0.05, 0.1) is 0 Å². The highest BCUT2D eigenvalue weighted by Gasteiger charge is 1.96. The Morgan fingerprint density at radius 2 is 1.67 bits per heavy atom. The molecule has 0 amide bonds. The summed E-state index contributed by atoms with van der Waals surface area (Å²) in [5.41, 5.74) is 2.68. The van der Waals surface area contributed by atoms with E-state index in [1.807, 2.05) is 26.8 Å². The van der Waals surface area contributed by atoms with Crippen LogP contribution < -0.4 is 10.4 Å². The molecule has 0 aliphatic heterocycles. The first-order chi connectivity index (χ1) is 8.62. The Morgan fingerprint density at radius 1 is 1.17 bits per heavy atom. The summed E-state index contributed by atoms with van der Waals surface area (Å²) in [6.07, 6.45) is 6.60. The summed E-state index contributed by atoms with van der Waals surface area (Å²) in [6, 6.07) is 4.24. The summed E-state index contributed by atoms with van der Waals surface area (Å²) in [7, 11) is 0. The van der Waals surface area contributed by atoms with Crippen molar-refractivity contribution in [1.29, 1.82) is 0 Å². The van der Waals surface area contributed by atoms with E-state index in [1.54, 1.807) is 12.2 Å². The summed E-state index contributed by atoms with van der Waals surface area (Å²) in [4.78, 5) is 0. The van der Waals surface area contributed by atoms with E-state index in [1.165, 1.54) is 16.3 Å². The van der Waals surface area contributed by atoms with Crippen molar-refractivity contribution in [2.45, 2.75) is 41.0 Å². The first-order valence-corrected chi connectivity index (χ1v) is 6.59. The van der Waals surface area contributed by atoms with Crippen LogP contribution in [0.15, 0.2) is 37.4 Å². The van der Waals surface area contributed by atoms with Gasteiger partial charge in [-0.2, -0.15) is 0 Å². The fourth-order valence-corrected chi connectivity index (χ4v) is 1.60. The van der Waals surface area contributed by atoms with Gasteiger partial charge in [-0.05, 0) is 41.8 Å². The molecule has 0 aliphatic rings. The van der Waals surface area contributed by atoms with Crippen LogP contribution in [-0.2, 0) is 6.42 Å². The number of hydrogen-bond acceptors (Lipinski definition) is 0. The van der Waals surface area contributed by atoms with E-state index >= 15 is 0 Å². The molecule has 1 aromatic carbocycles. The SMILES string of the molecule is C=C/C=c1/ccc(C)c(CC)c1=C.C=CC.CC. The van der Waals surface area contributed by atoms with Crippen LogP contribution in [-0.4, -0.2) is 0 Å². The topological polar surface area (TPSA) is 0 Å². The van der Waals surface area contributed by atoms with Gasteiger partial charge in [0.15, 0.2) is 0 Å². The molecule has 0 saturated carbocycles. The fourth-order valence-electron chi connectivity index (χ4n) is 1.60. The molecule has 0 heteroatoms. The molecule has 0 unspecified atom stereocenters. The largest absolute Gasteiger partial charge is 0.103 e. The minimum atomic E-state index is 1.05. The van der Waals surface area contributed by atoms with Crippen LogP contribution in [0.3, 0.4) is 0 Å². The van der Waals surface area contributed by atoms with Crippen molar-refractivity contribution in [3.05, 3.63) is 59.0 Å². The van der Waals surface area contributed by atoms with Crippen molar-refractivity contribution < 1.29 is 0 Å². The third-order valence-electron chi connectivity index (χ3n) is 2.35. The molecule has 0 saturated heterocycles. The molecule has 18 heavy (non-hydrogen) atoms. The van der Waals surface area contributed by atoms with Crippen LogP contribution >= 0.6 is 0 Å². The Balaban J connectivity index is 0. The molecular formula is C18H28. The fraction of sp³-hybridized carbons (Fsp3) is 0.333. The van der Waals surface area contributed by atoms with Crippen molar-refractivity contribution in [3.63, 3.8) is 0 Å². The minimum absolute atomic E-state index is 1.05. The summed E-state index contributed by atoms with van der Waals surface area (Å²) in [6.45, 7) is 21.3. The Bertz CT molecular complexity index is 450. The van der Waals surface area contributed by atoms with Gasteiger partial charge in [0.1, 0.15) is 0 Å². The van der Waals surface area contributed by atoms with Crippen molar-refractivity contribution in [2.24, 2.45) is 0 Å². The van der Waals surface area contributed by atoms with Crippen LogP contribution in [0.2, 0.25) is 0 Å². The number of allylic oxidation sites excluding steroid dienone is 2. The zero-order valence-corrected chi connectivity index (χ0v) is 12.7. The lowest BCUT2D eigenvalue weighted by molar-refractivity contribution is 1.08. The molecule has 1 aromatic rings. The van der Waals surface area contributed by atoms with Crippen LogP contribution in [0.5, 0.6) is 0 Å². The van der Waals surface area contributed by atoms with E-state index in [2.05, 4.69) is 45.7 Å². The molecule has 100 valence electrons. The molecule has 0 fully saturated rings. The smallest absolute Gasteiger partial charge is 0.0187 e. The average molecular weight is 244 g/mol. The third-order valence-corrected chi connectivity index (χ3v) is 2.35. The van der Waals surface area contributed by atoms with Gasteiger partial charge in [-0.3, -0.25) is 0 Å². The average Bonchev–Trinajstić information content (AvgIpc) is 2.37. The van der Waals surface area contributed by atoms with Crippen LogP contribution in [0.4, 0.5) is 0 Å². The van der Waals surface area contributed by atoms with Gasteiger partial charge >= 0.3 is 0 Å². The van der Waals surface area contributed by atoms with Gasteiger partial charge in [0.25, 0.3) is 0 Å². The minimum Gasteiger partial charge on any atom is -0.103 e. The Morgan fingerprint density at radius 3 is 2.06 bits per heavy atom. The second-order valence-corrected chi connectivity index (χ2v) is 3.59. The lowest BCUT2D eigenvalue weighted by Gasteiger charge is -2.03. The predicted molar refractivity (Wildman–Crippen MR) is 87.2 cm³/mol. The van der Waals surface area contributed by atoms with Gasteiger partial charge in [0.2, 0.25) is 0 Å². The van der Waals surface area contributed by atoms with E-state index in [0.717, 1.165) is 11.6 Å². The second-order valence-electron chi connectivity index (χ2n) is 3.59. The molecule has 0 N–H and O–H groups in total. The maximum absolute atomic E-state index is 4.09. The number of benzene rings is 1. The summed E-state index contributed by atoms with van der Waals surface area (Å²) in [5.74, 6) is 0. The normalized spacial score (nSPS) is 9.50. The quantitative estimate of drug-likeness (QED) is 0.686. The van der Waals surface area contributed by atoms with Crippen LogP contribution in [0, 0.1) is 6.92 Å². The first-order valence-electron chi connectivity index (χ1n) is 6.59. The summed E-state index contributed by atoms with van der Waals surface area (Å²) < 4.78 is 0. The summed E-state index contributed by atoms with van der Waals surface area (Å²) in [5, 5.41) is 2.32. The zero-order chi connectivity index (χ0) is 14.6. The predicted octanol–water partition coefficient (Wildman–Crippen LogP) is 4.15. The van der Waals surface area contributed by atoms with Crippen LogP contribution in [0.25, 0.3) is 12.7 Å². The molecule has 0 nitrogen and oxygen atoms in total. The number of aryl methyl sites for hydroxylation is 1. The molecule has 0 atom stereocenters. The Hall–Kier alpha value is -1.56. The van der Waals surface area contributed by atoms with E-state index in [0.29, 0.717) is 0 Å². The molecule has 0 spiro atoms. The van der Waals surface area contributed by atoms with Crippen molar-refractivity contribution in [1.82, 2.24) is 0 Å². The van der Waals surface area contributed by atoms with Gasteiger partial charge < -0.3 is 0 Å². The molecule has 0 aliphatic carbocycles. The number of rotatable bonds is 2. The standard InChI is InChI=1S/C13H16.C3H6.C2H6/c1-5-7-12-9-8-10(3)13(6-2)11(12)4;1-3-2;1-2/h5,7-9H,1,4,6H2,2-3H3;3H,1H2,2H3;1-2H3/b12-7-;;. The monoisotopic (exact) mass is 244 g/mol. The van der Waals surface area contributed by atoms with Crippen molar-refractivity contribution >= 4 is 12.7 Å². The third kappa shape index (κ3) is 6.24. The van der Waals surface area contributed by atoms with Gasteiger partial charge in [-0.25, -0.2) is 0 Å². The van der Waals surface area contributed by atoms with Gasteiger partial charge in [-0.15, -0.1) is 6.58 Å². The lowest BCUT2D eigenvalue weighted by atomic mass is 10.0. The highest BCUT2D eigenvalue weighted by atomic mass is 14.0. The first kappa shape index (κ1) is 18.8. The molecule has 0 heterocycles. The molecule has 1 rings (SSSR count). The van der Waals surface area contributed by atoms with E-state index in [-0.39, 0.29) is 0 Å². The maximum atomic E-state index is 4.09. The Labute approximate surface area is 113 Å². The Kier molecular flexibility index (Phi) is 12.4. The molecule has 0 aromatic heterocycles. The maximum Gasteiger partial charge on any atom is -0.0187 e. The molecule has 0 bridgehead atoms. The number of hydrogen-bond donors (Lipinski definition) is 0. The second kappa shape index (κ2) is 11.9. The van der Waals surface area contributed by atoms with E-state index < -0.39 is 0 Å². The van der Waals surface area contributed by atoms with Crippen molar-refractivity contribution in [2.75, 3.05) is 0 Å². The van der Waals surface area contributed by atoms with Crippen LogP contribution in [0.1, 0.15) is 38.8 Å². The van der Waals surface area contributed by atoms with Crippen molar-refractivity contribution in [3.8, 4) is 0 Å². The molecule has 0 radical (unpaired) electrons.